The first kappa shape index (κ1) is 16.1. The maximum absolute atomic E-state index is 5.31. The Balaban J connectivity index is 2.10. The Kier molecular flexibility index (Phi) is 6.27. The topological polar surface area (TPSA) is 21.3 Å². The molecule has 2 rings (SSSR count). The quantitative estimate of drug-likeness (QED) is 0.814. The molecule has 0 radical (unpaired) electrons. The van der Waals surface area contributed by atoms with Crippen molar-refractivity contribution in [2.75, 3.05) is 20.7 Å². The molecule has 1 atom stereocenters. The standard InChI is InChI=1S/C18H22BrNO/c1-20-13-15(11-16-7-3-4-9-18(16)19)10-14-6-5-8-17(12-14)21-2/h3-9,12,15,20H,10-11,13H2,1-2H3. The summed E-state index contributed by atoms with van der Waals surface area (Å²) in [5, 5.41) is 3.31. The van der Waals surface area contributed by atoms with E-state index in [4.69, 9.17) is 4.74 Å². The summed E-state index contributed by atoms with van der Waals surface area (Å²) in [5.41, 5.74) is 2.68. The van der Waals surface area contributed by atoms with Crippen LogP contribution in [-0.2, 0) is 12.8 Å². The Labute approximate surface area is 135 Å². The van der Waals surface area contributed by atoms with Gasteiger partial charge in [0.05, 0.1) is 7.11 Å². The van der Waals surface area contributed by atoms with E-state index in [0.717, 1.165) is 25.1 Å². The van der Waals surface area contributed by atoms with E-state index in [9.17, 15) is 0 Å². The maximum atomic E-state index is 5.31. The molecule has 0 saturated carbocycles. The molecule has 0 saturated heterocycles. The molecule has 2 nitrogen and oxygen atoms in total. The number of methoxy groups -OCH3 is 1. The smallest absolute Gasteiger partial charge is 0.119 e. The van der Waals surface area contributed by atoms with Crippen LogP contribution in [0.2, 0.25) is 0 Å². The lowest BCUT2D eigenvalue weighted by Gasteiger charge is -2.18. The number of benzene rings is 2. The van der Waals surface area contributed by atoms with Gasteiger partial charge in [0.1, 0.15) is 5.75 Å². The van der Waals surface area contributed by atoms with Gasteiger partial charge in [-0.05, 0) is 61.7 Å². The fourth-order valence-electron chi connectivity index (χ4n) is 2.61. The maximum Gasteiger partial charge on any atom is 0.119 e. The predicted molar refractivity (Wildman–Crippen MR) is 92.0 cm³/mol. The van der Waals surface area contributed by atoms with Gasteiger partial charge in [0, 0.05) is 4.47 Å². The van der Waals surface area contributed by atoms with Crippen LogP contribution in [0, 0.1) is 5.92 Å². The van der Waals surface area contributed by atoms with E-state index in [-0.39, 0.29) is 0 Å². The summed E-state index contributed by atoms with van der Waals surface area (Å²) in [6.45, 7) is 0.999. The second-order valence-corrected chi connectivity index (χ2v) is 6.13. The molecule has 1 unspecified atom stereocenters. The highest BCUT2D eigenvalue weighted by molar-refractivity contribution is 9.10. The van der Waals surface area contributed by atoms with Gasteiger partial charge in [0.25, 0.3) is 0 Å². The normalized spacial score (nSPS) is 12.1. The number of hydrogen-bond donors (Lipinski definition) is 1. The summed E-state index contributed by atoms with van der Waals surface area (Å²) in [5.74, 6) is 1.48. The van der Waals surface area contributed by atoms with Gasteiger partial charge in [0.15, 0.2) is 0 Å². The van der Waals surface area contributed by atoms with Crippen molar-refractivity contribution in [2.24, 2.45) is 5.92 Å². The Morgan fingerprint density at radius 3 is 2.62 bits per heavy atom. The minimum Gasteiger partial charge on any atom is -0.497 e. The summed E-state index contributed by atoms with van der Waals surface area (Å²) in [4.78, 5) is 0. The van der Waals surface area contributed by atoms with Gasteiger partial charge in [-0.3, -0.25) is 0 Å². The largest absolute Gasteiger partial charge is 0.497 e. The van der Waals surface area contributed by atoms with E-state index in [1.165, 1.54) is 15.6 Å². The first-order valence-corrected chi connectivity index (χ1v) is 8.03. The third-order valence-corrected chi connectivity index (χ3v) is 4.39. The van der Waals surface area contributed by atoms with Crippen LogP contribution in [0.1, 0.15) is 11.1 Å². The lowest BCUT2D eigenvalue weighted by Crippen LogP contribution is -2.23. The van der Waals surface area contributed by atoms with Gasteiger partial charge in [-0.2, -0.15) is 0 Å². The average molecular weight is 348 g/mol. The molecule has 112 valence electrons. The van der Waals surface area contributed by atoms with Crippen LogP contribution in [0.5, 0.6) is 5.75 Å². The Morgan fingerprint density at radius 2 is 1.90 bits per heavy atom. The summed E-state index contributed by atoms with van der Waals surface area (Å²) in [7, 11) is 3.73. The van der Waals surface area contributed by atoms with Crippen molar-refractivity contribution in [1.82, 2.24) is 5.32 Å². The molecule has 0 amide bonds. The number of rotatable bonds is 7. The molecule has 21 heavy (non-hydrogen) atoms. The van der Waals surface area contributed by atoms with Crippen LogP contribution in [0.15, 0.2) is 53.0 Å². The van der Waals surface area contributed by atoms with Crippen molar-refractivity contribution < 1.29 is 4.74 Å². The van der Waals surface area contributed by atoms with Gasteiger partial charge in [-0.15, -0.1) is 0 Å². The number of ether oxygens (including phenoxy) is 1. The molecule has 0 aliphatic heterocycles. The third-order valence-electron chi connectivity index (χ3n) is 3.62. The second-order valence-electron chi connectivity index (χ2n) is 5.27. The highest BCUT2D eigenvalue weighted by atomic mass is 79.9. The minimum atomic E-state index is 0.556. The number of nitrogens with one attached hydrogen (secondary N) is 1. The summed E-state index contributed by atoms with van der Waals surface area (Å²) in [6, 6.07) is 16.8. The zero-order chi connectivity index (χ0) is 15.1. The minimum absolute atomic E-state index is 0.556. The molecule has 1 N–H and O–H groups in total. The van der Waals surface area contributed by atoms with Gasteiger partial charge in [-0.25, -0.2) is 0 Å². The Hall–Kier alpha value is -1.32. The summed E-state index contributed by atoms with van der Waals surface area (Å²) < 4.78 is 6.50. The molecule has 0 heterocycles. The fourth-order valence-corrected chi connectivity index (χ4v) is 3.06. The van der Waals surface area contributed by atoms with Crippen LogP contribution in [0.3, 0.4) is 0 Å². The molecular formula is C18H22BrNO. The summed E-state index contributed by atoms with van der Waals surface area (Å²) >= 11 is 3.64. The van der Waals surface area contributed by atoms with E-state index in [0.29, 0.717) is 5.92 Å². The Bertz CT molecular complexity index is 571. The van der Waals surface area contributed by atoms with Crippen molar-refractivity contribution in [3.63, 3.8) is 0 Å². The van der Waals surface area contributed by atoms with E-state index < -0.39 is 0 Å². The van der Waals surface area contributed by atoms with Crippen LogP contribution in [-0.4, -0.2) is 20.7 Å². The first-order chi connectivity index (χ1) is 10.2. The van der Waals surface area contributed by atoms with Crippen LogP contribution in [0.4, 0.5) is 0 Å². The van der Waals surface area contributed by atoms with Crippen molar-refractivity contribution in [2.45, 2.75) is 12.8 Å². The average Bonchev–Trinajstić information content (AvgIpc) is 2.50. The third kappa shape index (κ3) is 4.87. The summed E-state index contributed by atoms with van der Waals surface area (Å²) in [6.07, 6.45) is 2.10. The lowest BCUT2D eigenvalue weighted by molar-refractivity contribution is 0.413. The fraction of sp³-hybridized carbons (Fsp3) is 0.333. The van der Waals surface area contributed by atoms with Gasteiger partial charge >= 0.3 is 0 Å². The molecule has 0 bridgehead atoms. The molecule has 0 spiro atoms. The molecule has 0 aromatic heterocycles. The van der Waals surface area contributed by atoms with Gasteiger partial charge in [-0.1, -0.05) is 46.3 Å². The molecule has 2 aromatic rings. The van der Waals surface area contributed by atoms with Crippen molar-refractivity contribution in [1.29, 1.82) is 0 Å². The van der Waals surface area contributed by atoms with Crippen molar-refractivity contribution in [3.8, 4) is 5.75 Å². The number of hydrogen-bond acceptors (Lipinski definition) is 2. The molecule has 3 heteroatoms. The van der Waals surface area contributed by atoms with Crippen molar-refractivity contribution >= 4 is 15.9 Å². The SMILES string of the molecule is CNCC(Cc1cccc(OC)c1)Cc1ccccc1Br. The zero-order valence-electron chi connectivity index (χ0n) is 12.6. The van der Waals surface area contributed by atoms with E-state index in [1.54, 1.807) is 7.11 Å². The Morgan fingerprint density at radius 1 is 1.10 bits per heavy atom. The first-order valence-electron chi connectivity index (χ1n) is 7.24. The van der Waals surface area contributed by atoms with Crippen LogP contribution < -0.4 is 10.1 Å². The molecular weight excluding hydrogens is 326 g/mol. The molecule has 0 aliphatic carbocycles. The highest BCUT2D eigenvalue weighted by Crippen LogP contribution is 2.22. The van der Waals surface area contributed by atoms with Gasteiger partial charge in [0.2, 0.25) is 0 Å². The number of halogens is 1. The monoisotopic (exact) mass is 347 g/mol. The zero-order valence-corrected chi connectivity index (χ0v) is 14.2. The molecule has 0 aliphatic rings. The predicted octanol–water partition coefficient (Wildman–Crippen LogP) is 4.08. The van der Waals surface area contributed by atoms with E-state index >= 15 is 0 Å². The lowest BCUT2D eigenvalue weighted by atomic mass is 9.92. The van der Waals surface area contributed by atoms with Crippen LogP contribution in [0.25, 0.3) is 0 Å². The van der Waals surface area contributed by atoms with E-state index in [1.807, 2.05) is 13.1 Å². The molecule has 2 aromatic carbocycles. The second kappa shape index (κ2) is 8.20. The highest BCUT2D eigenvalue weighted by Gasteiger charge is 2.12. The van der Waals surface area contributed by atoms with E-state index in [2.05, 4.69) is 63.7 Å². The van der Waals surface area contributed by atoms with Crippen LogP contribution >= 0.6 is 15.9 Å². The van der Waals surface area contributed by atoms with Crippen molar-refractivity contribution in [3.05, 3.63) is 64.1 Å². The van der Waals surface area contributed by atoms with Gasteiger partial charge < -0.3 is 10.1 Å². The molecule has 0 fully saturated rings.